The first-order valence-corrected chi connectivity index (χ1v) is 14.2. The Labute approximate surface area is 228 Å². The van der Waals surface area contributed by atoms with Crippen molar-refractivity contribution in [2.24, 2.45) is 5.92 Å². The van der Waals surface area contributed by atoms with Crippen LogP contribution in [0.5, 0.6) is 0 Å². The Morgan fingerprint density at radius 2 is 1.71 bits per heavy atom. The van der Waals surface area contributed by atoms with Crippen LogP contribution in [0.25, 0.3) is 6.08 Å². The minimum absolute atomic E-state index is 0.0345. The second-order valence-corrected chi connectivity index (χ2v) is 10.8. The largest absolute Gasteiger partial charge is 0.464 e. The second kappa shape index (κ2) is 12.6. The number of benzene rings is 2. The van der Waals surface area contributed by atoms with Crippen LogP contribution in [0.4, 0.5) is 5.69 Å². The Kier molecular flexibility index (Phi) is 9.26. The highest BCUT2D eigenvalue weighted by molar-refractivity contribution is 5.96. The van der Waals surface area contributed by atoms with Gasteiger partial charge in [-0.25, -0.2) is 4.79 Å². The number of allylic oxidation sites excluding steroid dienone is 1. The van der Waals surface area contributed by atoms with Gasteiger partial charge in [0, 0.05) is 25.3 Å². The van der Waals surface area contributed by atoms with Crippen LogP contribution < -0.4 is 4.90 Å². The fourth-order valence-corrected chi connectivity index (χ4v) is 5.95. The minimum Gasteiger partial charge on any atom is -0.464 e. The molecular formula is C32H43N3O3. The van der Waals surface area contributed by atoms with E-state index in [1.807, 2.05) is 39.0 Å². The number of carbonyl (C=O) groups is 2. The average molecular weight is 518 g/mol. The van der Waals surface area contributed by atoms with Crippen LogP contribution >= 0.6 is 0 Å². The molecule has 0 aromatic heterocycles. The van der Waals surface area contributed by atoms with Gasteiger partial charge in [-0.15, -0.1) is 0 Å². The minimum atomic E-state index is -0.640. The third kappa shape index (κ3) is 5.80. The summed E-state index contributed by atoms with van der Waals surface area (Å²) in [4.78, 5) is 33.7. The molecule has 2 fully saturated rings. The van der Waals surface area contributed by atoms with Crippen LogP contribution in [-0.2, 0) is 20.7 Å². The molecule has 2 saturated heterocycles. The quantitative estimate of drug-likeness (QED) is 0.396. The van der Waals surface area contributed by atoms with Crippen molar-refractivity contribution in [2.45, 2.75) is 65.0 Å². The maximum atomic E-state index is 14.2. The summed E-state index contributed by atoms with van der Waals surface area (Å²) in [7, 11) is 0. The molecule has 2 heterocycles. The standard InChI is InChI=1S/C32H43N3O3/c1-5-7-13-26-14-11-12-15-27(26)18-21-33-22-19-32(20-23-33)31(37)34(29(25(3)4)30(36)38-6-2)24-35(32)28-16-9-8-10-17-28/h7-17,25,29H,5-6,18-24H2,1-4H3/b13-7-. The Balaban J connectivity index is 1.52. The molecule has 0 saturated carbocycles. The van der Waals surface area contributed by atoms with Crippen molar-refractivity contribution in [1.82, 2.24) is 9.80 Å². The predicted octanol–water partition coefficient (Wildman–Crippen LogP) is 5.38. The summed E-state index contributed by atoms with van der Waals surface area (Å²) < 4.78 is 5.40. The number of hydrogen-bond acceptors (Lipinski definition) is 5. The van der Waals surface area contributed by atoms with Gasteiger partial charge in [-0.1, -0.05) is 75.4 Å². The molecule has 2 aromatic rings. The molecule has 1 spiro atoms. The lowest BCUT2D eigenvalue weighted by Gasteiger charge is -2.43. The van der Waals surface area contributed by atoms with E-state index in [1.165, 1.54) is 11.1 Å². The number of para-hydroxylation sites is 1. The number of amides is 1. The fourth-order valence-electron chi connectivity index (χ4n) is 5.95. The summed E-state index contributed by atoms with van der Waals surface area (Å²) in [6.07, 6.45) is 7.92. The van der Waals surface area contributed by atoms with Gasteiger partial charge in [0.05, 0.1) is 13.3 Å². The van der Waals surface area contributed by atoms with Crippen molar-refractivity contribution < 1.29 is 14.3 Å². The molecule has 1 amide bonds. The van der Waals surface area contributed by atoms with Gasteiger partial charge in [-0.2, -0.15) is 0 Å². The van der Waals surface area contributed by atoms with Crippen LogP contribution in [0.2, 0.25) is 0 Å². The van der Waals surface area contributed by atoms with E-state index >= 15 is 0 Å². The Bertz CT molecular complexity index is 1110. The summed E-state index contributed by atoms with van der Waals surface area (Å²) in [6, 6.07) is 18.2. The number of esters is 1. The van der Waals surface area contributed by atoms with Gasteiger partial charge >= 0.3 is 5.97 Å². The third-order valence-electron chi connectivity index (χ3n) is 8.00. The first kappa shape index (κ1) is 27.9. The normalized spacial score (nSPS) is 18.6. The van der Waals surface area contributed by atoms with Gasteiger partial charge in [0.1, 0.15) is 11.6 Å². The van der Waals surface area contributed by atoms with E-state index in [2.05, 4.69) is 65.3 Å². The molecule has 1 atom stereocenters. The molecule has 38 heavy (non-hydrogen) atoms. The zero-order valence-electron chi connectivity index (χ0n) is 23.4. The van der Waals surface area contributed by atoms with Crippen LogP contribution in [0, 0.1) is 5.92 Å². The summed E-state index contributed by atoms with van der Waals surface area (Å²) in [5.41, 5.74) is 3.04. The van der Waals surface area contributed by atoms with Crippen molar-refractivity contribution in [3.8, 4) is 0 Å². The highest BCUT2D eigenvalue weighted by atomic mass is 16.5. The average Bonchev–Trinajstić information content (AvgIpc) is 3.19. The molecule has 2 aliphatic rings. The zero-order valence-corrected chi connectivity index (χ0v) is 23.4. The number of rotatable bonds is 10. The third-order valence-corrected chi connectivity index (χ3v) is 8.00. The Hall–Kier alpha value is -3.12. The molecule has 0 N–H and O–H groups in total. The first-order valence-electron chi connectivity index (χ1n) is 14.2. The van der Waals surface area contributed by atoms with Crippen LogP contribution in [-0.4, -0.2) is 66.2 Å². The van der Waals surface area contributed by atoms with Crippen molar-refractivity contribution >= 4 is 23.6 Å². The number of anilines is 1. The van der Waals surface area contributed by atoms with E-state index in [4.69, 9.17) is 4.74 Å². The van der Waals surface area contributed by atoms with Gasteiger partial charge < -0.3 is 19.4 Å². The molecule has 0 bridgehead atoms. The molecule has 6 nitrogen and oxygen atoms in total. The van der Waals surface area contributed by atoms with E-state index in [9.17, 15) is 9.59 Å². The van der Waals surface area contributed by atoms with Crippen molar-refractivity contribution in [3.63, 3.8) is 0 Å². The number of piperidine rings is 1. The number of nitrogens with zero attached hydrogens (tertiary/aromatic N) is 3. The number of ether oxygens (including phenoxy) is 1. The van der Waals surface area contributed by atoms with E-state index in [1.54, 1.807) is 4.90 Å². The molecule has 6 heteroatoms. The van der Waals surface area contributed by atoms with Crippen LogP contribution in [0.3, 0.4) is 0 Å². The molecule has 2 aliphatic heterocycles. The topological polar surface area (TPSA) is 53.1 Å². The number of likely N-dealkylation sites (tertiary alicyclic amines) is 1. The van der Waals surface area contributed by atoms with E-state index in [0.29, 0.717) is 13.3 Å². The van der Waals surface area contributed by atoms with Crippen molar-refractivity contribution in [2.75, 3.05) is 37.8 Å². The lowest BCUT2D eigenvalue weighted by Crippen LogP contribution is -2.57. The van der Waals surface area contributed by atoms with Crippen molar-refractivity contribution in [3.05, 3.63) is 71.8 Å². The molecular weight excluding hydrogens is 474 g/mol. The highest BCUT2D eigenvalue weighted by Crippen LogP contribution is 2.41. The first-order chi connectivity index (χ1) is 18.4. The number of carbonyl (C=O) groups excluding carboxylic acids is 2. The maximum absolute atomic E-state index is 14.2. The van der Waals surface area contributed by atoms with E-state index in [-0.39, 0.29) is 17.8 Å². The SMILES string of the molecule is CC/C=C\c1ccccc1CCN1CCC2(CC1)C(=O)N(C(C(=O)OCC)C(C)C)CN2c1ccccc1. The van der Waals surface area contributed by atoms with Gasteiger partial charge in [-0.3, -0.25) is 4.79 Å². The van der Waals surface area contributed by atoms with E-state index in [0.717, 1.165) is 51.0 Å². The highest BCUT2D eigenvalue weighted by Gasteiger charge is 2.56. The van der Waals surface area contributed by atoms with Gasteiger partial charge in [0.2, 0.25) is 0 Å². The Morgan fingerprint density at radius 3 is 2.37 bits per heavy atom. The molecule has 2 aromatic carbocycles. The summed E-state index contributed by atoms with van der Waals surface area (Å²) in [5, 5.41) is 0. The summed E-state index contributed by atoms with van der Waals surface area (Å²) in [5.74, 6) is -0.287. The Morgan fingerprint density at radius 1 is 1.03 bits per heavy atom. The monoisotopic (exact) mass is 517 g/mol. The molecule has 0 radical (unpaired) electrons. The molecule has 1 unspecified atom stereocenters. The summed E-state index contributed by atoms with van der Waals surface area (Å²) >= 11 is 0. The van der Waals surface area contributed by atoms with Crippen LogP contribution in [0.15, 0.2) is 60.7 Å². The van der Waals surface area contributed by atoms with Gasteiger partial charge in [0.15, 0.2) is 0 Å². The zero-order chi connectivity index (χ0) is 27.1. The molecule has 204 valence electrons. The lowest BCUT2D eigenvalue weighted by molar-refractivity contribution is -0.156. The molecule has 0 aliphatic carbocycles. The van der Waals surface area contributed by atoms with Crippen LogP contribution in [0.1, 0.15) is 58.1 Å². The van der Waals surface area contributed by atoms with Gasteiger partial charge in [0.25, 0.3) is 5.91 Å². The smallest absolute Gasteiger partial charge is 0.329 e. The lowest BCUT2D eigenvalue weighted by atomic mass is 9.84. The molecule has 4 rings (SSSR count). The predicted molar refractivity (Wildman–Crippen MR) is 154 cm³/mol. The second-order valence-electron chi connectivity index (χ2n) is 10.8. The summed E-state index contributed by atoms with van der Waals surface area (Å²) in [6.45, 7) is 11.3. The maximum Gasteiger partial charge on any atom is 0.329 e. The fraction of sp³-hybridized carbons (Fsp3) is 0.500. The van der Waals surface area contributed by atoms with E-state index < -0.39 is 11.6 Å². The van der Waals surface area contributed by atoms with Gasteiger partial charge in [-0.05, 0) is 61.8 Å². The number of hydrogen-bond donors (Lipinski definition) is 0. The van der Waals surface area contributed by atoms with Crippen molar-refractivity contribution in [1.29, 1.82) is 0 Å².